The Balaban J connectivity index is 1.79. The molecule has 1 N–H and O–H groups in total. The van der Waals surface area contributed by atoms with E-state index in [4.69, 9.17) is 4.42 Å². The van der Waals surface area contributed by atoms with Crippen LogP contribution in [0.3, 0.4) is 0 Å². The van der Waals surface area contributed by atoms with Crippen molar-refractivity contribution in [3.8, 4) is 0 Å². The molecule has 0 aliphatic carbocycles. The summed E-state index contributed by atoms with van der Waals surface area (Å²) < 4.78 is 5.72. The van der Waals surface area contributed by atoms with Crippen LogP contribution in [0.4, 0.5) is 5.69 Å². The summed E-state index contributed by atoms with van der Waals surface area (Å²) in [5, 5.41) is 4.54. The number of oxazole rings is 1. The quantitative estimate of drug-likeness (QED) is 0.763. The number of benzene rings is 1. The van der Waals surface area contributed by atoms with Crippen LogP contribution in [0.5, 0.6) is 0 Å². The standard InChI is InChI=1S/C16H19N3OS/c1-9(2)16-19-13-7-12(5-6-14(13)20-16)17-8-15-10(3)18-11(4)21-15/h5-7,9,17H,8H2,1-4H3. The second-order valence-electron chi connectivity index (χ2n) is 5.48. The Kier molecular flexibility index (Phi) is 3.68. The van der Waals surface area contributed by atoms with Crippen LogP contribution in [-0.4, -0.2) is 9.97 Å². The third-order valence-corrected chi connectivity index (χ3v) is 4.42. The lowest BCUT2D eigenvalue weighted by Crippen LogP contribution is -1.98. The summed E-state index contributed by atoms with van der Waals surface area (Å²) in [4.78, 5) is 10.3. The number of aromatic nitrogens is 2. The molecule has 0 atom stereocenters. The van der Waals surface area contributed by atoms with E-state index in [1.54, 1.807) is 11.3 Å². The summed E-state index contributed by atoms with van der Waals surface area (Å²) >= 11 is 1.74. The monoisotopic (exact) mass is 301 g/mol. The fraction of sp³-hybridized carbons (Fsp3) is 0.375. The van der Waals surface area contributed by atoms with Crippen molar-refractivity contribution in [1.29, 1.82) is 0 Å². The van der Waals surface area contributed by atoms with Crippen LogP contribution in [0.25, 0.3) is 11.1 Å². The van der Waals surface area contributed by atoms with Gasteiger partial charge in [-0.15, -0.1) is 11.3 Å². The van der Waals surface area contributed by atoms with Gasteiger partial charge in [-0.25, -0.2) is 9.97 Å². The van der Waals surface area contributed by atoms with Gasteiger partial charge in [0.25, 0.3) is 0 Å². The van der Waals surface area contributed by atoms with Gasteiger partial charge in [-0.05, 0) is 32.0 Å². The second-order valence-corrected chi connectivity index (χ2v) is 6.77. The highest BCUT2D eigenvalue weighted by Crippen LogP contribution is 2.25. The highest BCUT2D eigenvalue weighted by Gasteiger charge is 2.10. The molecule has 110 valence electrons. The minimum absolute atomic E-state index is 0.302. The van der Waals surface area contributed by atoms with Crippen molar-refractivity contribution < 1.29 is 4.42 Å². The molecule has 4 nitrogen and oxygen atoms in total. The van der Waals surface area contributed by atoms with E-state index >= 15 is 0 Å². The summed E-state index contributed by atoms with van der Waals surface area (Å²) in [7, 11) is 0. The van der Waals surface area contributed by atoms with Crippen molar-refractivity contribution in [3.63, 3.8) is 0 Å². The number of fused-ring (bicyclic) bond motifs is 1. The van der Waals surface area contributed by atoms with E-state index in [1.165, 1.54) is 4.88 Å². The van der Waals surface area contributed by atoms with Gasteiger partial charge in [0.15, 0.2) is 11.5 Å². The van der Waals surface area contributed by atoms with Gasteiger partial charge in [0.2, 0.25) is 0 Å². The van der Waals surface area contributed by atoms with Gasteiger partial charge in [-0.1, -0.05) is 13.8 Å². The Labute approximate surface area is 128 Å². The third kappa shape index (κ3) is 2.93. The van der Waals surface area contributed by atoms with Gasteiger partial charge in [0.05, 0.1) is 17.2 Å². The third-order valence-electron chi connectivity index (χ3n) is 3.35. The first-order valence-electron chi connectivity index (χ1n) is 7.10. The van der Waals surface area contributed by atoms with Crippen LogP contribution < -0.4 is 5.32 Å². The van der Waals surface area contributed by atoms with E-state index in [2.05, 4.69) is 36.1 Å². The summed E-state index contributed by atoms with van der Waals surface area (Å²) in [5.74, 6) is 1.09. The van der Waals surface area contributed by atoms with Gasteiger partial charge >= 0.3 is 0 Å². The fourth-order valence-electron chi connectivity index (χ4n) is 2.22. The van der Waals surface area contributed by atoms with Crippen LogP contribution in [-0.2, 0) is 6.54 Å². The molecule has 0 amide bonds. The molecular weight excluding hydrogens is 282 g/mol. The lowest BCUT2D eigenvalue weighted by molar-refractivity contribution is 0.501. The van der Waals surface area contributed by atoms with Gasteiger partial charge in [-0.2, -0.15) is 0 Å². The number of nitrogens with zero attached hydrogens (tertiary/aromatic N) is 2. The predicted octanol–water partition coefficient (Wildman–Crippen LogP) is 4.64. The van der Waals surface area contributed by atoms with Crippen LogP contribution in [0.15, 0.2) is 22.6 Å². The molecule has 0 fully saturated rings. The maximum Gasteiger partial charge on any atom is 0.198 e. The number of anilines is 1. The first-order chi connectivity index (χ1) is 10.0. The topological polar surface area (TPSA) is 51.0 Å². The zero-order valence-electron chi connectivity index (χ0n) is 12.7. The number of nitrogens with one attached hydrogen (secondary N) is 1. The molecule has 0 unspecified atom stereocenters. The Hall–Kier alpha value is -1.88. The SMILES string of the molecule is Cc1nc(C)c(CNc2ccc3oc(C(C)C)nc3c2)s1. The number of rotatable bonds is 4. The minimum Gasteiger partial charge on any atom is -0.440 e. The molecule has 0 bridgehead atoms. The number of hydrogen-bond acceptors (Lipinski definition) is 5. The number of hydrogen-bond donors (Lipinski definition) is 1. The molecule has 1 aromatic carbocycles. The number of thiazole rings is 1. The molecule has 0 aliphatic rings. The van der Waals surface area contributed by atoms with Crippen molar-refractivity contribution >= 4 is 28.1 Å². The minimum atomic E-state index is 0.302. The molecule has 0 saturated carbocycles. The average Bonchev–Trinajstić information content (AvgIpc) is 2.99. The van der Waals surface area contributed by atoms with Gasteiger partial charge in [-0.3, -0.25) is 0 Å². The largest absolute Gasteiger partial charge is 0.440 e. The summed E-state index contributed by atoms with van der Waals surface area (Å²) in [5.41, 5.74) is 3.90. The molecule has 0 radical (unpaired) electrons. The van der Waals surface area contributed by atoms with Gasteiger partial charge < -0.3 is 9.73 Å². The summed E-state index contributed by atoms with van der Waals surface area (Å²) in [6.07, 6.45) is 0. The first kappa shape index (κ1) is 14.1. The van der Waals surface area contributed by atoms with Crippen molar-refractivity contribution in [3.05, 3.63) is 39.7 Å². The number of aryl methyl sites for hydroxylation is 2. The Morgan fingerprint density at radius 2 is 2.05 bits per heavy atom. The molecule has 21 heavy (non-hydrogen) atoms. The lowest BCUT2D eigenvalue weighted by Gasteiger charge is -2.04. The highest BCUT2D eigenvalue weighted by molar-refractivity contribution is 7.11. The average molecular weight is 301 g/mol. The van der Waals surface area contributed by atoms with E-state index in [-0.39, 0.29) is 0 Å². The van der Waals surface area contributed by atoms with Crippen LogP contribution >= 0.6 is 11.3 Å². The molecule has 2 aromatic heterocycles. The molecule has 2 heterocycles. The Morgan fingerprint density at radius 3 is 2.71 bits per heavy atom. The van der Waals surface area contributed by atoms with Crippen molar-refractivity contribution in [1.82, 2.24) is 9.97 Å². The van der Waals surface area contributed by atoms with E-state index in [1.807, 2.05) is 25.1 Å². The Morgan fingerprint density at radius 1 is 1.24 bits per heavy atom. The van der Waals surface area contributed by atoms with Gasteiger partial charge in [0.1, 0.15) is 5.52 Å². The zero-order chi connectivity index (χ0) is 15.0. The lowest BCUT2D eigenvalue weighted by atomic mass is 10.2. The molecule has 3 rings (SSSR count). The van der Waals surface area contributed by atoms with Crippen molar-refractivity contribution in [2.75, 3.05) is 5.32 Å². The maximum absolute atomic E-state index is 5.72. The summed E-state index contributed by atoms with van der Waals surface area (Å²) in [6, 6.07) is 6.04. The highest BCUT2D eigenvalue weighted by atomic mass is 32.1. The summed E-state index contributed by atoms with van der Waals surface area (Å²) in [6.45, 7) is 9.04. The van der Waals surface area contributed by atoms with E-state index < -0.39 is 0 Å². The zero-order valence-corrected chi connectivity index (χ0v) is 13.5. The first-order valence-corrected chi connectivity index (χ1v) is 7.92. The molecule has 0 spiro atoms. The molecule has 5 heteroatoms. The van der Waals surface area contributed by atoms with E-state index in [0.717, 1.165) is 39.9 Å². The Bertz CT molecular complexity index is 773. The van der Waals surface area contributed by atoms with Crippen LogP contribution in [0, 0.1) is 13.8 Å². The van der Waals surface area contributed by atoms with Crippen LogP contribution in [0.1, 0.15) is 41.2 Å². The second kappa shape index (κ2) is 5.48. The predicted molar refractivity (Wildman–Crippen MR) is 87.0 cm³/mol. The smallest absolute Gasteiger partial charge is 0.198 e. The van der Waals surface area contributed by atoms with E-state index in [0.29, 0.717) is 5.92 Å². The normalized spacial score (nSPS) is 11.5. The van der Waals surface area contributed by atoms with Crippen molar-refractivity contribution in [2.24, 2.45) is 0 Å². The maximum atomic E-state index is 5.72. The molecule has 3 aromatic rings. The van der Waals surface area contributed by atoms with Crippen LogP contribution in [0.2, 0.25) is 0 Å². The van der Waals surface area contributed by atoms with Gasteiger partial charge in [0, 0.05) is 16.5 Å². The van der Waals surface area contributed by atoms with E-state index in [9.17, 15) is 0 Å². The molecule has 0 saturated heterocycles. The molecular formula is C16H19N3OS. The van der Waals surface area contributed by atoms with Crippen molar-refractivity contribution in [2.45, 2.75) is 40.2 Å². The fourth-order valence-corrected chi connectivity index (χ4v) is 3.10. The molecule has 0 aliphatic heterocycles.